The van der Waals surface area contributed by atoms with E-state index in [1.165, 1.54) is 6.26 Å². The minimum Gasteiger partial charge on any atom is -0.220 e. The van der Waals surface area contributed by atoms with Crippen LogP contribution < -0.4 is 0 Å². The summed E-state index contributed by atoms with van der Waals surface area (Å²) < 4.78 is 20.7. The van der Waals surface area contributed by atoms with Crippen molar-refractivity contribution in [2.75, 3.05) is 18.8 Å². The van der Waals surface area contributed by atoms with E-state index >= 15 is 0 Å². The first-order valence-corrected chi connectivity index (χ1v) is 6.55. The summed E-state index contributed by atoms with van der Waals surface area (Å²) in [6, 6.07) is 0. The van der Waals surface area contributed by atoms with Crippen molar-refractivity contribution in [3.63, 3.8) is 0 Å². The summed E-state index contributed by atoms with van der Waals surface area (Å²) in [6.45, 7) is 0. The largest absolute Gasteiger partial charge is 0.220 e. The molecule has 0 rings (SSSR count). The second-order valence-corrected chi connectivity index (χ2v) is 8.82. The van der Waals surface area contributed by atoms with Gasteiger partial charge in [0.25, 0.3) is 0 Å². The van der Waals surface area contributed by atoms with Crippen LogP contribution in [0.25, 0.3) is 0 Å². The van der Waals surface area contributed by atoms with E-state index < -0.39 is 18.8 Å². The van der Waals surface area contributed by atoms with Crippen LogP contribution in [0.4, 0.5) is 0 Å². The minimum absolute atomic E-state index is 0.769. The van der Waals surface area contributed by atoms with E-state index in [-0.39, 0.29) is 0 Å². The van der Waals surface area contributed by atoms with Crippen LogP contribution in [0.3, 0.4) is 0 Å². The molecule has 0 amide bonds. The van der Waals surface area contributed by atoms with Gasteiger partial charge in [0.15, 0.2) is 8.87 Å². The predicted octanol–water partition coefficient (Wildman–Crippen LogP) is 0.207. The van der Waals surface area contributed by atoms with Crippen molar-refractivity contribution >= 4 is 18.8 Å². The van der Waals surface area contributed by atoms with Crippen molar-refractivity contribution in [2.24, 2.45) is 0 Å². The van der Waals surface area contributed by atoms with Crippen LogP contribution in [0.2, 0.25) is 0 Å². The van der Waals surface area contributed by atoms with Gasteiger partial charge in [0, 0.05) is 6.26 Å². The maximum atomic E-state index is 10.4. The number of thiol groups is 1. The molecular weight excluding hydrogens is 132 g/mol. The Hall–Kier alpha value is 0.300. The van der Waals surface area contributed by atoms with E-state index in [0.717, 1.165) is 0 Å². The lowest BCUT2D eigenvalue weighted by Crippen LogP contribution is -1.92. The number of hydrogen-bond donors (Lipinski definition) is 1. The first kappa shape index (κ1) is 7.30. The Morgan fingerprint density at radius 1 is 1.29 bits per heavy atom. The molecule has 0 aliphatic heterocycles. The van der Waals surface area contributed by atoms with Crippen molar-refractivity contribution < 1.29 is 8.42 Å². The lowest BCUT2D eigenvalue weighted by molar-refractivity contribution is 0.615. The Morgan fingerprint density at radius 3 is 1.43 bits per heavy atom. The SMILES string of the molecule is C[SH](C)S(C)(=O)=O. The second-order valence-electron chi connectivity index (χ2n) is 1.55. The van der Waals surface area contributed by atoms with Gasteiger partial charge in [-0.1, -0.05) is 0 Å². The van der Waals surface area contributed by atoms with Gasteiger partial charge in [-0.15, -0.1) is 0 Å². The molecular formula is C3H10O2S2. The average molecular weight is 142 g/mol. The van der Waals surface area contributed by atoms with Crippen LogP contribution in [-0.2, 0) is 8.87 Å². The molecule has 0 spiro atoms. The molecule has 0 aliphatic rings. The van der Waals surface area contributed by atoms with Crippen LogP contribution >= 0.6 is 9.93 Å². The fourth-order valence-corrected chi connectivity index (χ4v) is 0. The molecule has 0 fully saturated rings. The zero-order valence-corrected chi connectivity index (χ0v) is 6.38. The zero-order valence-electron chi connectivity index (χ0n) is 4.67. The molecule has 4 heteroatoms. The van der Waals surface area contributed by atoms with E-state index in [2.05, 4.69) is 0 Å². The Morgan fingerprint density at radius 2 is 1.43 bits per heavy atom. The molecule has 0 bridgehead atoms. The first-order valence-electron chi connectivity index (χ1n) is 1.82. The molecule has 0 heterocycles. The molecule has 0 radical (unpaired) electrons. The van der Waals surface area contributed by atoms with Crippen molar-refractivity contribution in [2.45, 2.75) is 0 Å². The van der Waals surface area contributed by atoms with Crippen molar-refractivity contribution in [3.8, 4) is 0 Å². The molecule has 7 heavy (non-hydrogen) atoms. The quantitative estimate of drug-likeness (QED) is 0.419. The van der Waals surface area contributed by atoms with Gasteiger partial charge >= 0.3 is 0 Å². The summed E-state index contributed by atoms with van der Waals surface area (Å²) in [4.78, 5) is 0. The van der Waals surface area contributed by atoms with Crippen LogP contribution in [-0.4, -0.2) is 27.2 Å². The summed E-state index contributed by atoms with van der Waals surface area (Å²) in [5.74, 6) is 0. The van der Waals surface area contributed by atoms with Crippen LogP contribution in [0.5, 0.6) is 0 Å². The molecule has 0 aromatic heterocycles. The minimum atomic E-state index is -2.68. The van der Waals surface area contributed by atoms with Crippen LogP contribution in [0.15, 0.2) is 0 Å². The third kappa shape index (κ3) is 2.93. The Balaban J connectivity index is 4.10. The van der Waals surface area contributed by atoms with Gasteiger partial charge in [-0.05, 0) is 12.5 Å². The Kier molecular flexibility index (Phi) is 2.13. The van der Waals surface area contributed by atoms with Crippen molar-refractivity contribution in [1.29, 1.82) is 0 Å². The van der Waals surface area contributed by atoms with E-state index in [9.17, 15) is 8.42 Å². The van der Waals surface area contributed by atoms with Gasteiger partial charge in [0.2, 0.25) is 0 Å². The fourth-order valence-electron chi connectivity index (χ4n) is 0. The maximum Gasteiger partial charge on any atom is 0.178 e. The third-order valence-corrected chi connectivity index (χ3v) is 5.97. The second kappa shape index (κ2) is 2.05. The lowest BCUT2D eigenvalue weighted by Gasteiger charge is -2.02. The summed E-state index contributed by atoms with van der Waals surface area (Å²) in [6.07, 6.45) is 4.72. The molecule has 0 aromatic rings. The summed E-state index contributed by atoms with van der Waals surface area (Å²) in [5.41, 5.74) is 0. The van der Waals surface area contributed by atoms with Gasteiger partial charge in [0.1, 0.15) is 0 Å². The van der Waals surface area contributed by atoms with Crippen molar-refractivity contribution in [3.05, 3.63) is 0 Å². The fraction of sp³-hybridized carbons (Fsp3) is 1.00. The Labute approximate surface area is 46.6 Å². The van der Waals surface area contributed by atoms with E-state index in [1.807, 2.05) is 0 Å². The Bertz CT molecular complexity index is 133. The van der Waals surface area contributed by atoms with E-state index in [0.29, 0.717) is 0 Å². The molecule has 0 aliphatic carbocycles. The van der Waals surface area contributed by atoms with Crippen molar-refractivity contribution in [1.82, 2.24) is 0 Å². The van der Waals surface area contributed by atoms with Gasteiger partial charge < -0.3 is 0 Å². The molecule has 0 aromatic carbocycles. The van der Waals surface area contributed by atoms with E-state index in [1.54, 1.807) is 12.5 Å². The predicted molar refractivity (Wildman–Crippen MR) is 35.7 cm³/mol. The number of hydrogen-bond acceptors (Lipinski definition) is 2. The van der Waals surface area contributed by atoms with Gasteiger partial charge in [-0.3, -0.25) is 0 Å². The van der Waals surface area contributed by atoms with Crippen LogP contribution in [0.1, 0.15) is 0 Å². The van der Waals surface area contributed by atoms with Gasteiger partial charge in [-0.25, -0.2) is 8.42 Å². The number of rotatable bonds is 1. The summed E-state index contributed by atoms with van der Waals surface area (Å²) in [7, 11) is -3.45. The lowest BCUT2D eigenvalue weighted by atomic mass is 11.9. The molecule has 0 unspecified atom stereocenters. The molecule has 46 valence electrons. The van der Waals surface area contributed by atoms with E-state index in [4.69, 9.17) is 0 Å². The average Bonchev–Trinajstić information content (AvgIpc) is 1.31. The molecule has 2 nitrogen and oxygen atoms in total. The highest BCUT2D eigenvalue weighted by molar-refractivity contribution is 8.80. The molecule has 0 N–H and O–H groups in total. The zero-order chi connectivity index (χ0) is 6.08. The molecule has 0 saturated carbocycles. The monoisotopic (exact) mass is 142 g/mol. The highest BCUT2D eigenvalue weighted by Crippen LogP contribution is 2.20. The van der Waals surface area contributed by atoms with Gasteiger partial charge in [-0.2, -0.15) is 9.93 Å². The highest BCUT2D eigenvalue weighted by Gasteiger charge is 2.00. The smallest absolute Gasteiger partial charge is 0.178 e. The molecule has 0 atom stereocenters. The standard InChI is InChI=1S/C3H10O2S2/c1-6(2)7(3,4)5/h6H,1-3H3. The topological polar surface area (TPSA) is 34.1 Å². The summed E-state index contributed by atoms with van der Waals surface area (Å²) in [5, 5.41) is 0. The van der Waals surface area contributed by atoms with Gasteiger partial charge in [0.05, 0.1) is 0 Å². The maximum absolute atomic E-state index is 10.4. The normalized spacial score (nSPS) is 13.9. The molecule has 0 saturated heterocycles. The van der Waals surface area contributed by atoms with Crippen LogP contribution in [0, 0.1) is 0 Å². The highest BCUT2D eigenvalue weighted by atomic mass is 33.2. The first-order chi connectivity index (χ1) is 2.94. The summed E-state index contributed by atoms with van der Waals surface area (Å²) >= 11 is 0. The third-order valence-electron chi connectivity index (χ3n) is 0.663.